The maximum atomic E-state index is 15.4. The Morgan fingerprint density at radius 3 is 0.774 bits per heavy atom. The van der Waals surface area contributed by atoms with Crippen molar-refractivity contribution >= 4 is 43.6 Å². The van der Waals surface area contributed by atoms with Crippen LogP contribution in [0.2, 0.25) is 0 Å². The van der Waals surface area contributed by atoms with E-state index in [2.05, 4.69) is 162 Å². The number of aryl methyl sites for hydroxylation is 12. The van der Waals surface area contributed by atoms with Crippen LogP contribution >= 0.6 is 0 Å². The highest BCUT2D eigenvalue weighted by Gasteiger charge is 2.38. The van der Waals surface area contributed by atoms with Crippen molar-refractivity contribution in [1.82, 2.24) is 9.13 Å². The summed E-state index contributed by atoms with van der Waals surface area (Å²) in [7, 11) is 0. The van der Waals surface area contributed by atoms with Crippen LogP contribution in [-0.4, -0.2) is 9.13 Å². The fraction of sp³-hybridized carbons (Fsp3) is 0.187. The van der Waals surface area contributed by atoms with Crippen LogP contribution in [0.15, 0.2) is 152 Å². The molecule has 2 aromatic heterocycles. The van der Waals surface area contributed by atoms with Gasteiger partial charge in [-0.25, -0.2) is 0 Å². The van der Waals surface area contributed by atoms with Crippen molar-refractivity contribution < 1.29 is 26.3 Å². The van der Waals surface area contributed by atoms with Gasteiger partial charge in [-0.2, -0.15) is 31.6 Å². The van der Waals surface area contributed by atoms with E-state index in [1.165, 1.54) is 0 Å². The number of hydrogen-bond acceptors (Lipinski definition) is 1. The van der Waals surface area contributed by atoms with Gasteiger partial charge in [0.15, 0.2) is 0 Å². The van der Waals surface area contributed by atoms with Crippen LogP contribution in [0.5, 0.6) is 0 Å². The van der Waals surface area contributed by atoms with Crippen LogP contribution < -0.4 is 0 Å². The molecule has 12 aromatic rings. The minimum atomic E-state index is -5.17. The number of rotatable bonds is 7. The van der Waals surface area contributed by atoms with Crippen molar-refractivity contribution in [3.63, 3.8) is 0 Å². The number of halogens is 6. The number of hydrogen-bond donors (Lipinski definition) is 0. The molecule has 0 unspecified atom stereocenters. The van der Waals surface area contributed by atoms with E-state index < -0.39 is 23.5 Å². The lowest BCUT2D eigenvalue weighted by atomic mass is 9.91. The topological polar surface area (TPSA) is 33.6 Å². The first-order valence-electron chi connectivity index (χ1n) is 28.2. The molecule has 2 heterocycles. The summed E-state index contributed by atoms with van der Waals surface area (Å²) in [5.74, 6) is 0. The Labute approximate surface area is 485 Å². The van der Waals surface area contributed by atoms with Gasteiger partial charge in [-0.3, -0.25) is 0 Å². The third-order valence-corrected chi connectivity index (χ3v) is 17.0. The highest BCUT2D eigenvalue weighted by Crippen LogP contribution is 2.49. The van der Waals surface area contributed by atoms with Crippen molar-refractivity contribution in [2.24, 2.45) is 0 Å². The third kappa shape index (κ3) is 9.33. The average Bonchev–Trinajstić information content (AvgIpc) is 1.84. The van der Waals surface area contributed by atoms with Crippen LogP contribution in [0.4, 0.5) is 26.3 Å². The summed E-state index contributed by atoms with van der Waals surface area (Å²) in [4.78, 5) is 0. The Balaban J connectivity index is 1.26. The molecule has 0 amide bonds. The molecule has 0 radical (unpaired) electrons. The Kier molecular flexibility index (Phi) is 13.2. The van der Waals surface area contributed by atoms with Crippen LogP contribution in [0, 0.1) is 94.4 Å². The second-order valence-electron chi connectivity index (χ2n) is 23.5. The number of fused-ring (bicyclic) bond motifs is 6. The van der Waals surface area contributed by atoms with E-state index >= 15 is 26.3 Å². The number of nitriles is 1. The Morgan fingerprint density at radius 2 is 0.548 bits per heavy atom. The largest absolute Gasteiger partial charge is 0.416 e. The van der Waals surface area contributed by atoms with Gasteiger partial charge in [-0.05, 0) is 257 Å². The fourth-order valence-corrected chi connectivity index (χ4v) is 14.2. The minimum absolute atomic E-state index is 0.0652. The zero-order valence-electron chi connectivity index (χ0n) is 49.0. The number of aromatic nitrogens is 2. The fourth-order valence-electron chi connectivity index (χ4n) is 14.2. The summed E-state index contributed by atoms with van der Waals surface area (Å²) in [5, 5.41) is 14.5. The first kappa shape index (κ1) is 55.4. The van der Waals surface area contributed by atoms with E-state index in [-0.39, 0.29) is 34.1 Å². The number of benzene rings is 10. The Morgan fingerprint density at radius 1 is 0.298 bits per heavy atom. The van der Waals surface area contributed by atoms with E-state index in [0.717, 1.165) is 145 Å². The molecule has 0 atom stereocenters. The van der Waals surface area contributed by atoms with Crippen molar-refractivity contribution in [2.75, 3.05) is 0 Å². The van der Waals surface area contributed by atoms with Gasteiger partial charge in [-0.1, -0.05) is 95.1 Å². The quantitative estimate of drug-likeness (QED) is 0.146. The predicted molar refractivity (Wildman–Crippen MR) is 334 cm³/mol. The SMILES string of the molecule is Cc1cc(C)c(-c2ccc3c(c2)c2cc(-c4c(C)cc(C)cc4C)ccc2n3-c2cc(C#N)cc(-n3c4ccc(-c5c(C)cc(C)cc5C)cc4c4cc(-c5c(C)cc(C)cc5C)ccc43)c2-c2cc(C(F)(F)F)cc(C(F)(F)F)c2)c(C)c1. The van der Waals surface area contributed by atoms with Gasteiger partial charge in [0, 0.05) is 27.1 Å². The van der Waals surface area contributed by atoms with Crippen molar-refractivity contribution in [3.8, 4) is 73.1 Å². The molecular weight excluding hydrogens is 1060 g/mol. The van der Waals surface area contributed by atoms with Crippen molar-refractivity contribution in [2.45, 2.75) is 95.4 Å². The third-order valence-electron chi connectivity index (χ3n) is 17.0. The zero-order valence-corrected chi connectivity index (χ0v) is 49.0. The van der Waals surface area contributed by atoms with Gasteiger partial charge < -0.3 is 9.13 Å². The molecule has 9 heteroatoms. The molecule has 10 aromatic carbocycles. The molecule has 0 N–H and O–H groups in total. The van der Waals surface area contributed by atoms with Crippen LogP contribution in [0.1, 0.15) is 83.5 Å². The van der Waals surface area contributed by atoms with E-state index in [4.69, 9.17) is 0 Å². The number of alkyl halides is 6. The van der Waals surface area contributed by atoms with Gasteiger partial charge in [0.25, 0.3) is 0 Å². The molecular formula is C75H61F6N3. The second-order valence-corrected chi connectivity index (χ2v) is 23.5. The molecule has 0 aliphatic carbocycles. The van der Waals surface area contributed by atoms with Crippen LogP contribution in [-0.2, 0) is 12.4 Å². The molecule has 0 aliphatic rings. The second kappa shape index (κ2) is 20.1. The van der Waals surface area contributed by atoms with Gasteiger partial charge >= 0.3 is 12.4 Å². The van der Waals surface area contributed by atoms with E-state index in [0.29, 0.717) is 22.1 Å². The smallest absolute Gasteiger partial charge is 0.308 e. The molecule has 84 heavy (non-hydrogen) atoms. The molecule has 418 valence electrons. The monoisotopic (exact) mass is 1120 g/mol. The summed E-state index contributed by atoms with van der Waals surface area (Å²) in [6.07, 6.45) is -10.3. The molecule has 0 bridgehead atoms. The Bertz CT molecular complexity index is 4230. The van der Waals surface area contributed by atoms with Gasteiger partial charge in [-0.15, -0.1) is 0 Å². The lowest BCUT2D eigenvalue weighted by molar-refractivity contribution is -0.143. The molecule has 3 nitrogen and oxygen atoms in total. The molecule has 12 rings (SSSR count). The average molecular weight is 1120 g/mol. The van der Waals surface area contributed by atoms with Crippen molar-refractivity contribution in [1.29, 1.82) is 5.26 Å². The van der Waals surface area contributed by atoms with Crippen LogP contribution in [0.25, 0.3) is 111 Å². The zero-order chi connectivity index (χ0) is 59.7. The molecule has 0 aliphatic heterocycles. The van der Waals surface area contributed by atoms with Crippen molar-refractivity contribution in [3.05, 3.63) is 235 Å². The minimum Gasteiger partial charge on any atom is -0.308 e. The molecule has 0 saturated carbocycles. The lowest BCUT2D eigenvalue weighted by Gasteiger charge is -2.23. The van der Waals surface area contributed by atoms with Crippen LogP contribution in [0.3, 0.4) is 0 Å². The highest BCUT2D eigenvalue weighted by molar-refractivity contribution is 6.15. The maximum absolute atomic E-state index is 15.4. The first-order valence-corrected chi connectivity index (χ1v) is 28.2. The van der Waals surface area contributed by atoms with E-state index in [9.17, 15) is 5.26 Å². The molecule has 0 saturated heterocycles. The van der Waals surface area contributed by atoms with Gasteiger partial charge in [0.05, 0.1) is 56.2 Å². The predicted octanol–water partition coefficient (Wildman–Crippen LogP) is 21.8. The first-order chi connectivity index (χ1) is 39.8. The van der Waals surface area contributed by atoms with Gasteiger partial charge in [0.2, 0.25) is 0 Å². The lowest BCUT2D eigenvalue weighted by Crippen LogP contribution is -2.12. The van der Waals surface area contributed by atoms with E-state index in [1.54, 1.807) is 12.1 Å². The highest BCUT2D eigenvalue weighted by atomic mass is 19.4. The number of nitrogens with zero attached hydrogens (tertiary/aromatic N) is 3. The Hall–Kier alpha value is -9.13. The van der Waals surface area contributed by atoms with Gasteiger partial charge in [0.1, 0.15) is 0 Å². The summed E-state index contributed by atoms with van der Waals surface area (Å²) >= 11 is 0. The summed E-state index contributed by atoms with van der Waals surface area (Å²) in [6, 6.07) is 49.1. The summed E-state index contributed by atoms with van der Waals surface area (Å²) in [5.41, 5.74) is 21.1. The standard InChI is InChI=1S/C75H61F6N3/c1-39-21-43(5)69(44(6)22-39)52-13-17-63-59(33-52)60-34-53(70-45(7)23-40(2)24-46(70)8)14-18-64(60)83(63)67-29-51(38-82)30-68(73(67)56-31-57(74(76,77)78)37-58(32-56)75(79,80)81)84-65-19-15-54(71-47(9)25-41(3)26-48(71)10)35-61(65)62-36-55(16-20-66(62)84)72-49(11)27-42(4)28-50(72)12/h13-37H,1-12H3. The molecule has 0 spiro atoms. The van der Waals surface area contributed by atoms with E-state index in [1.807, 2.05) is 57.7 Å². The molecule has 0 fully saturated rings. The maximum Gasteiger partial charge on any atom is 0.416 e. The summed E-state index contributed by atoms with van der Waals surface area (Å²) in [6.45, 7) is 24.9. The normalized spacial score (nSPS) is 12.2. The summed E-state index contributed by atoms with van der Waals surface area (Å²) < 4.78 is 96.0.